The Morgan fingerprint density at radius 3 is 2.46 bits per heavy atom. The van der Waals surface area contributed by atoms with E-state index in [0.717, 1.165) is 106 Å². The zero-order valence-corrected chi connectivity index (χ0v) is 37.9. The van der Waals surface area contributed by atoms with Crippen molar-refractivity contribution >= 4 is 96.1 Å². The summed E-state index contributed by atoms with van der Waals surface area (Å²) in [6.45, 7) is 15.2. The number of allylic oxidation sites excluding steroid dienone is 8. The van der Waals surface area contributed by atoms with Crippen LogP contribution in [0, 0.1) is 19.3 Å². The molecule has 0 radical (unpaired) electrons. The number of rotatable bonds is 8. The van der Waals surface area contributed by atoms with Crippen LogP contribution in [-0.4, -0.2) is 16.7 Å². The number of furan rings is 1. The molecule has 1 aliphatic heterocycles. The van der Waals surface area contributed by atoms with Gasteiger partial charge in [0.1, 0.15) is 11.3 Å². The van der Waals surface area contributed by atoms with Gasteiger partial charge in [-0.25, -0.2) is 4.99 Å². The van der Waals surface area contributed by atoms with Gasteiger partial charge in [0.2, 0.25) is 5.96 Å². The highest BCUT2D eigenvalue weighted by Crippen LogP contribution is 2.48. The van der Waals surface area contributed by atoms with Crippen molar-refractivity contribution in [2.75, 3.05) is 10.2 Å². The third-order valence-corrected chi connectivity index (χ3v) is 13.1. The van der Waals surface area contributed by atoms with Crippen molar-refractivity contribution in [2.24, 2.45) is 4.99 Å². The van der Waals surface area contributed by atoms with Gasteiger partial charge in [-0.3, -0.25) is 5.41 Å². The number of nitrogens with zero attached hydrogens (tertiary/aromatic N) is 3. The first-order valence-corrected chi connectivity index (χ1v) is 22.8. The van der Waals surface area contributed by atoms with E-state index in [1.165, 1.54) is 22.3 Å². The molecule has 1 aliphatic carbocycles. The zero-order chi connectivity index (χ0) is 45.8. The molecule has 3 heterocycles. The van der Waals surface area contributed by atoms with Gasteiger partial charge in [0.15, 0.2) is 0 Å². The molecule has 0 atom stereocenters. The van der Waals surface area contributed by atoms with E-state index in [1.54, 1.807) is 6.21 Å². The molecule has 324 valence electrons. The lowest BCUT2D eigenvalue weighted by atomic mass is 9.90. The van der Waals surface area contributed by atoms with Crippen molar-refractivity contribution in [3.05, 3.63) is 216 Å². The molecule has 2 aliphatic rings. The van der Waals surface area contributed by atoms with Gasteiger partial charge in [-0.15, -0.1) is 0 Å². The lowest BCUT2D eigenvalue weighted by Gasteiger charge is -2.33. The number of hydrogen-bond acceptors (Lipinski definition) is 3. The first-order chi connectivity index (χ1) is 32.8. The Morgan fingerprint density at radius 1 is 0.761 bits per heavy atom. The molecule has 11 rings (SSSR count). The van der Waals surface area contributed by atoms with Crippen LogP contribution in [0.2, 0.25) is 0 Å². The van der Waals surface area contributed by atoms with Gasteiger partial charge in [-0.1, -0.05) is 152 Å². The average molecular weight is 868 g/mol. The Balaban J connectivity index is 1.07. The van der Waals surface area contributed by atoms with Crippen LogP contribution in [0.1, 0.15) is 52.5 Å². The predicted molar refractivity (Wildman–Crippen MR) is 286 cm³/mol. The van der Waals surface area contributed by atoms with E-state index in [1.807, 2.05) is 37.3 Å². The highest BCUT2D eigenvalue weighted by molar-refractivity contribution is 6.22. The Morgan fingerprint density at radius 2 is 1.58 bits per heavy atom. The van der Waals surface area contributed by atoms with Crippen molar-refractivity contribution < 1.29 is 4.42 Å². The summed E-state index contributed by atoms with van der Waals surface area (Å²) >= 11 is 0. The highest BCUT2D eigenvalue weighted by atomic mass is 16.3. The number of nitrogens with one attached hydrogen (secondary N) is 2. The molecule has 6 heteroatoms. The molecule has 0 amide bonds. The summed E-state index contributed by atoms with van der Waals surface area (Å²) in [6.07, 6.45) is 19.3. The molecule has 7 aromatic carbocycles. The number of para-hydroxylation sites is 1. The maximum atomic E-state index is 9.81. The fourth-order valence-electron chi connectivity index (χ4n) is 9.90. The predicted octanol–water partition coefficient (Wildman–Crippen LogP) is 16.3. The zero-order valence-electron chi connectivity index (χ0n) is 37.9. The summed E-state index contributed by atoms with van der Waals surface area (Å²) in [5.41, 5.74) is 17.5. The third kappa shape index (κ3) is 7.15. The normalized spacial score (nSPS) is 13.5. The third-order valence-electron chi connectivity index (χ3n) is 13.1. The summed E-state index contributed by atoms with van der Waals surface area (Å²) in [7, 11) is 0. The van der Waals surface area contributed by atoms with Crippen molar-refractivity contribution in [3.63, 3.8) is 0 Å². The molecular weight excluding hydrogens is 819 g/mol. The van der Waals surface area contributed by atoms with Crippen molar-refractivity contribution in [1.29, 1.82) is 5.41 Å². The molecule has 2 aromatic heterocycles. The first-order valence-electron chi connectivity index (χ1n) is 22.8. The molecule has 0 saturated heterocycles. The maximum Gasteiger partial charge on any atom is 0.222 e. The van der Waals surface area contributed by atoms with Crippen molar-refractivity contribution in [2.45, 2.75) is 33.7 Å². The molecule has 0 saturated carbocycles. The van der Waals surface area contributed by atoms with E-state index in [-0.39, 0.29) is 5.96 Å². The number of fused-ring (bicyclic) bond motifs is 9. The van der Waals surface area contributed by atoms with Crippen molar-refractivity contribution in [1.82, 2.24) is 4.57 Å². The fraction of sp³-hybridized carbons (Fsp3) is 0.0820. The van der Waals surface area contributed by atoms with Gasteiger partial charge < -0.3 is 19.2 Å². The van der Waals surface area contributed by atoms with Crippen LogP contribution in [0.3, 0.4) is 0 Å². The minimum atomic E-state index is 0.123. The van der Waals surface area contributed by atoms with Crippen LogP contribution in [-0.2, 0) is 6.54 Å². The van der Waals surface area contributed by atoms with Crippen LogP contribution < -0.4 is 10.2 Å². The number of hydrogen-bond donors (Lipinski definition) is 2. The quantitative estimate of drug-likeness (QED) is 0.118. The van der Waals surface area contributed by atoms with Crippen LogP contribution >= 0.6 is 0 Å². The largest absolute Gasteiger partial charge is 0.456 e. The van der Waals surface area contributed by atoms with Gasteiger partial charge in [0, 0.05) is 61.2 Å². The Labute approximate surface area is 390 Å². The van der Waals surface area contributed by atoms with Crippen LogP contribution in [0.4, 0.5) is 17.1 Å². The summed E-state index contributed by atoms with van der Waals surface area (Å²) in [6, 6.07) is 45.5. The van der Waals surface area contributed by atoms with Gasteiger partial charge >= 0.3 is 0 Å². The van der Waals surface area contributed by atoms with Crippen LogP contribution in [0.15, 0.2) is 186 Å². The number of anilines is 3. The second-order valence-corrected chi connectivity index (χ2v) is 17.4. The topological polar surface area (TPSA) is 69.5 Å². The molecule has 0 fully saturated rings. The summed E-state index contributed by atoms with van der Waals surface area (Å²) < 4.78 is 8.54. The summed E-state index contributed by atoms with van der Waals surface area (Å²) in [5.74, 6) is 0.891. The van der Waals surface area contributed by atoms with E-state index in [9.17, 15) is 5.41 Å². The summed E-state index contributed by atoms with van der Waals surface area (Å²) in [4.78, 5) is 6.97. The molecule has 6 nitrogen and oxygen atoms in total. The standard InChI is InChI=1S/C61H49N5O/c1-6-16-57-44(7-2)52-35-42(28-32-58(52)67-57)40(5)36-63-61(62)65-37-43-27-25-38(3)33-50(43)48-29-30-49-51-34-39(4)26-31-56(51)66(60(49)59(48)65)55-24-15-20-46-47(55)21-14-23-54(46)64-53-22-13-12-19-45(53)41-17-10-8-9-11-18-41/h6-8,10-36,62,64H,2,5,9,37H2,1,3-4H3/b16-6-,62-61?,63-36-. The molecular formula is C61H49N5O. The van der Waals surface area contributed by atoms with Crippen LogP contribution in [0.25, 0.3) is 83.7 Å². The SMILES string of the molecule is C=Cc1c(/C=C\C)oc2ccc(C(=C)/C=N\C(=N)N3Cc4ccc(C)cc4-c4ccc5c6cc(C)ccc6n(-c6cccc7c(Nc8ccccc8C8=CC=CCC=C8)cccc67)c5c43)cc12. The van der Waals surface area contributed by atoms with Crippen LogP contribution in [0.5, 0.6) is 0 Å². The van der Waals surface area contributed by atoms with E-state index < -0.39 is 0 Å². The minimum Gasteiger partial charge on any atom is -0.456 e. The second-order valence-electron chi connectivity index (χ2n) is 17.4. The smallest absolute Gasteiger partial charge is 0.222 e. The van der Waals surface area contributed by atoms with E-state index >= 15 is 0 Å². The Bertz CT molecular complexity index is 3710. The molecule has 0 spiro atoms. The molecule has 9 aromatic rings. The molecule has 0 bridgehead atoms. The molecule has 2 N–H and O–H groups in total. The maximum absolute atomic E-state index is 9.81. The second kappa shape index (κ2) is 16.8. The lowest BCUT2D eigenvalue weighted by molar-refractivity contribution is 0.603. The van der Waals surface area contributed by atoms with Gasteiger partial charge in [0.25, 0.3) is 0 Å². The summed E-state index contributed by atoms with van der Waals surface area (Å²) in [5, 5.41) is 19.1. The van der Waals surface area contributed by atoms with Gasteiger partial charge in [-0.05, 0) is 104 Å². The van der Waals surface area contributed by atoms with E-state index in [4.69, 9.17) is 9.41 Å². The van der Waals surface area contributed by atoms with E-state index in [2.05, 4.69) is 187 Å². The number of guanidine groups is 1. The molecule has 67 heavy (non-hydrogen) atoms. The van der Waals surface area contributed by atoms with Crippen molar-refractivity contribution in [3.8, 4) is 16.8 Å². The number of benzene rings is 7. The monoisotopic (exact) mass is 867 g/mol. The minimum absolute atomic E-state index is 0.123. The highest BCUT2D eigenvalue weighted by Gasteiger charge is 2.30. The number of aliphatic imine (C=N–C) groups is 1. The number of aromatic nitrogens is 1. The Hall–Kier alpha value is -8.48. The molecule has 0 unspecified atom stereocenters. The average Bonchev–Trinajstić information content (AvgIpc) is 3.72. The van der Waals surface area contributed by atoms with E-state index in [0.29, 0.717) is 12.1 Å². The van der Waals surface area contributed by atoms with Gasteiger partial charge in [0.05, 0.1) is 29.0 Å². The Kier molecular flexibility index (Phi) is 10.4. The number of aryl methyl sites for hydroxylation is 2. The van der Waals surface area contributed by atoms with Gasteiger partial charge in [-0.2, -0.15) is 0 Å². The fourth-order valence-corrected chi connectivity index (χ4v) is 9.90. The lowest BCUT2D eigenvalue weighted by Crippen LogP contribution is -2.32. The first kappa shape index (κ1) is 41.2.